The molecule has 0 N–H and O–H groups in total. The molecule has 0 amide bonds. The molecule has 2 saturated carbocycles. The third-order valence-corrected chi connectivity index (χ3v) is 5.11. The summed E-state index contributed by atoms with van der Waals surface area (Å²) in [6.45, 7) is 9.77. The van der Waals surface area contributed by atoms with Gasteiger partial charge in [0.1, 0.15) is 0 Å². The molecule has 2 fully saturated rings. The van der Waals surface area contributed by atoms with Gasteiger partial charge in [-0.2, -0.15) is 0 Å². The smallest absolute Gasteiger partial charge is 0.0329 e. The van der Waals surface area contributed by atoms with Crippen LogP contribution >= 0.6 is 0 Å². The van der Waals surface area contributed by atoms with Crippen LogP contribution in [0.4, 0.5) is 0 Å². The Morgan fingerprint density at radius 1 is 1.14 bits per heavy atom. The van der Waals surface area contributed by atoms with E-state index in [1.165, 1.54) is 19.3 Å². The van der Waals surface area contributed by atoms with Crippen LogP contribution in [0.25, 0.3) is 0 Å². The van der Waals surface area contributed by atoms with Crippen molar-refractivity contribution in [3.63, 3.8) is 0 Å². The van der Waals surface area contributed by atoms with Crippen molar-refractivity contribution in [3.8, 4) is 0 Å². The van der Waals surface area contributed by atoms with E-state index >= 15 is 0 Å². The van der Waals surface area contributed by atoms with E-state index in [1.807, 2.05) is 0 Å². The van der Waals surface area contributed by atoms with Crippen LogP contribution in [0.5, 0.6) is 0 Å². The molecule has 0 aromatic carbocycles. The lowest BCUT2D eigenvalue weighted by atomic mass is 9.72. The van der Waals surface area contributed by atoms with Crippen molar-refractivity contribution < 1.29 is 0 Å². The van der Waals surface area contributed by atoms with Crippen LogP contribution < -0.4 is 0 Å². The molecule has 82 valence electrons. The van der Waals surface area contributed by atoms with Crippen molar-refractivity contribution in [2.24, 2.45) is 35.5 Å². The van der Waals surface area contributed by atoms with Crippen molar-refractivity contribution in [1.82, 2.24) is 0 Å². The van der Waals surface area contributed by atoms with Gasteiger partial charge in [0.05, 0.1) is 0 Å². The van der Waals surface area contributed by atoms with Gasteiger partial charge in [-0.05, 0) is 48.3 Å². The maximum atomic E-state index is 2.52. The molecule has 2 aliphatic rings. The van der Waals surface area contributed by atoms with Crippen LogP contribution in [-0.4, -0.2) is 0 Å². The summed E-state index contributed by atoms with van der Waals surface area (Å²) in [6.07, 6.45) is 5.97. The minimum atomic E-state index is 0.921. The predicted molar refractivity (Wildman–Crippen MR) is 62.1 cm³/mol. The topological polar surface area (TPSA) is 0 Å². The molecule has 5 atom stereocenters. The molecule has 0 heteroatoms. The third kappa shape index (κ3) is 1.42. The van der Waals surface area contributed by atoms with Crippen LogP contribution in [0.1, 0.15) is 53.4 Å². The first-order valence-electron chi connectivity index (χ1n) is 6.66. The third-order valence-electron chi connectivity index (χ3n) is 5.11. The Morgan fingerprint density at radius 3 is 2.36 bits per heavy atom. The minimum Gasteiger partial charge on any atom is -0.0654 e. The number of hydrogen-bond donors (Lipinski definition) is 0. The van der Waals surface area contributed by atoms with Gasteiger partial charge in [0.15, 0.2) is 0 Å². The van der Waals surface area contributed by atoms with Crippen molar-refractivity contribution in [3.05, 3.63) is 0 Å². The summed E-state index contributed by atoms with van der Waals surface area (Å²) < 4.78 is 0. The average Bonchev–Trinajstić information content (AvgIpc) is 2.60. The van der Waals surface area contributed by atoms with Crippen molar-refractivity contribution >= 4 is 0 Å². The Labute approximate surface area is 89.5 Å². The molecule has 2 aliphatic carbocycles. The van der Waals surface area contributed by atoms with Gasteiger partial charge in [-0.3, -0.25) is 0 Å². The zero-order valence-electron chi connectivity index (χ0n) is 10.3. The lowest BCUT2D eigenvalue weighted by Gasteiger charge is -2.33. The second-order valence-electron chi connectivity index (χ2n) is 6.04. The molecule has 0 aromatic heterocycles. The van der Waals surface area contributed by atoms with E-state index in [2.05, 4.69) is 27.7 Å². The summed E-state index contributed by atoms with van der Waals surface area (Å²) in [5, 5.41) is 0. The van der Waals surface area contributed by atoms with Crippen LogP contribution in [0, 0.1) is 35.5 Å². The highest BCUT2D eigenvalue weighted by Crippen LogP contribution is 2.59. The molecule has 0 saturated heterocycles. The van der Waals surface area contributed by atoms with E-state index < -0.39 is 0 Å². The average molecular weight is 194 g/mol. The molecule has 0 radical (unpaired) electrons. The minimum absolute atomic E-state index is 0.921. The van der Waals surface area contributed by atoms with E-state index in [0.29, 0.717) is 0 Å². The summed E-state index contributed by atoms with van der Waals surface area (Å²) in [5.41, 5.74) is 0. The summed E-state index contributed by atoms with van der Waals surface area (Å²) >= 11 is 0. The van der Waals surface area contributed by atoms with Gasteiger partial charge in [0, 0.05) is 0 Å². The number of rotatable bonds is 3. The van der Waals surface area contributed by atoms with Crippen LogP contribution in [0.15, 0.2) is 0 Å². The summed E-state index contributed by atoms with van der Waals surface area (Å²) in [4.78, 5) is 0. The van der Waals surface area contributed by atoms with E-state index in [-0.39, 0.29) is 0 Å². The fourth-order valence-corrected chi connectivity index (χ4v) is 4.71. The zero-order valence-corrected chi connectivity index (χ0v) is 10.3. The number of hydrogen-bond acceptors (Lipinski definition) is 0. The van der Waals surface area contributed by atoms with E-state index in [1.54, 1.807) is 6.42 Å². The summed E-state index contributed by atoms with van der Waals surface area (Å²) in [7, 11) is 0. The molecule has 0 spiro atoms. The highest BCUT2D eigenvalue weighted by Gasteiger charge is 2.52. The summed E-state index contributed by atoms with van der Waals surface area (Å²) in [5.74, 6) is 6.27. The standard InChI is InChI=1S/C14H26/c1-5-6-13-11-7-8-12(10(11)4)14(13)9(2)3/h9-14H,5-8H2,1-4H3. The molecule has 0 heterocycles. The van der Waals surface area contributed by atoms with Gasteiger partial charge in [0.2, 0.25) is 0 Å². The Bertz CT molecular complexity index is 194. The van der Waals surface area contributed by atoms with E-state index in [4.69, 9.17) is 0 Å². The Balaban J connectivity index is 2.14. The molecule has 0 nitrogen and oxygen atoms in total. The molecular formula is C14H26. The molecule has 14 heavy (non-hydrogen) atoms. The first-order chi connectivity index (χ1) is 6.66. The van der Waals surface area contributed by atoms with E-state index in [9.17, 15) is 0 Å². The Kier molecular flexibility index (Phi) is 2.91. The Hall–Kier alpha value is 0. The predicted octanol–water partition coefficient (Wildman–Crippen LogP) is 4.35. The molecule has 2 bridgehead atoms. The van der Waals surface area contributed by atoms with Crippen LogP contribution in [0.3, 0.4) is 0 Å². The molecular weight excluding hydrogens is 168 g/mol. The molecule has 5 unspecified atom stereocenters. The summed E-state index contributed by atoms with van der Waals surface area (Å²) in [6, 6.07) is 0. The van der Waals surface area contributed by atoms with Crippen molar-refractivity contribution in [2.75, 3.05) is 0 Å². The fraction of sp³-hybridized carbons (Fsp3) is 1.00. The van der Waals surface area contributed by atoms with Crippen LogP contribution in [0.2, 0.25) is 0 Å². The monoisotopic (exact) mass is 194 g/mol. The second kappa shape index (κ2) is 3.87. The molecule has 0 aromatic rings. The Morgan fingerprint density at radius 2 is 1.79 bits per heavy atom. The number of fused-ring (bicyclic) bond motifs is 2. The second-order valence-corrected chi connectivity index (χ2v) is 6.04. The van der Waals surface area contributed by atoms with Gasteiger partial charge < -0.3 is 0 Å². The molecule has 2 rings (SSSR count). The van der Waals surface area contributed by atoms with Gasteiger partial charge >= 0.3 is 0 Å². The maximum absolute atomic E-state index is 2.52. The van der Waals surface area contributed by atoms with Crippen molar-refractivity contribution in [2.45, 2.75) is 53.4 Å². The lowest BCUT2D eigenvalue weighted by Crippen LogP contribution is -2.26. The highest BCUT2D eigenvalue weighted by molar-refractivity contribution is 5.00. The molecule has 0 aliphatic heterocycles. The van der Waals surface area contributed by atoms with Crippen LogP contribution in [-0.2, 0) is 0 Å². The maximum Gasteiger partial charge on any atom is -0.0329 e. The quantitative estimate of drug-likeness (QED) is 0.626. The lowest BCUT2D eigenvalue weighted by molar-refractivity contribution is 0.156. The van der Waals surface area contributed by atoms with Gasteiger partial charge in [-0.1, -0.05) is 40.5 Å². The highest BCUT2D eigenvalue weighted by atomic mass is 14.6. The van der Waals surface area contributed by atoms with E-state index in [0.717, 1.165) is 35.5 Å². The largest absolute Gasteiger partial charge is 0.0654 e. The van der Waals surface area contributed by atoms with Gasteiger partial charge in [-0.25, -0.2) is 0 Å². The normalized spacial score (nSPS) is 46.5. The van der Waals surface area contributed by atoms with Gasteiger partial charge in [-0.15, -0.1) is 0 Å². The van der Waals surface area contributed by atoms with Gasteiger partial charge in [0.25, 0.3) is 0 Å². The fourth-order valence-electron chi connectivity index (χ4n) is 4.71. The van der Waals surface area contributed by atoms with Crippen molar-refractivity contribution in [1.29, 1.82) is 0 Å². The first-order valence-corrected chi connectivity index (χ1v) is 6.66. The zero-order chi connectivity index (χ0) is 10.3. The SMILES string of the molecule is CCCC1C2CCC(C2C)C1C(C)C. The first kappa shape index (κ1) is 10.5.